The third-order valence-electron chi connectivity index (χ3n) is 4.34. The predicted molar refractivity (Wildman–Crippen MR) is 120 cm³/mol. The third-order valence-corrected chi connectivity index (χ3v) is 4.95. The molecule has 0 aliphatic rings. The molecule has 11 heteroatoms. The van der Waals surface area contributed by atoms with Crippen LogP contribution in [0.15, 0.2) is 56.7 Å². The first-order valence-electron chi connectivity index (χ1n) is 9.47. The van der Waals surface area contributed by atoms with E-state index in [2.05, 4.69) is 67.4 Å². The molecule has 2 aromatic carbocycles. The number of aromatic nitrogens is 2. The van der Waals surface area contributed by atoms with Crippen LogP contribution in [0.4, 0.5) is 15.9 Å². The zero-order chi connectivity index (χ0) is 23.3. The van der Waals surface area contributed by atoms with Crippen LogP contribution in [0.1, 0.15) is 32.0 Å². The molecular weight excluding hydrogens is 485 g/mol. The first kappa shape index (κ1) is 23.2. The quantitative estimate of drug-likeness (QED) is 0.194. The Kier molecular flexibility index (Phi) is 7.08. The number of carbonyl (C=O) groups excluding carboxylic acids is 1. The lowest BCUT2D eigenvalue weighted by atomic mass is 9.87. The summed E-state index contributed by atoms with van der Waals surface area (Å²) < 4.78 is 23.8. The maximum Gasteiger partial charge on any atom is 0.263 e. The molecule has 0 radical (unpaired) electrons. The summed E-state index contributed by atoms with van der Waals surface area (Å²) in [5.74, 6) is -0.694. The lowest BCUT2D eigenvalue weighted by Gasteiger charge is -2.19. The highest BCUT2D eigenvalue weighted by atomic mass is 79.9. The summed E-state index contributed by atoms with van der Waals surface area (Å²) in [5.41, 5.74) is 1.49. The summed E-state index contributed by atoms with van der Waals surface area (Å²) in [6.07, 6.45) is 0. The highest BCUT2D eigenvalue weighted by molar-refractivity contribution is 9.10. The van der Waals surface area contributed by atoms with E-state index in [9.17, 15) is 14.4 Å². The van der Waals surface area contributed by atoms with E-state index in [0.29, 0.717) is 11.4 Å². The smallest absolute Gasteiger partial charge is 0.263 e. The van der Waals surface area contributed by atoms with Gasteiger partial charge in [-0.15, -0.1) is 0 Å². The molecule has 1 heterocycles. The third kappa shape index (κ3) is 5.82. The number of amidine groups is 1. The zero-order valence-corrected chi connectivity index (χ0v) is 19.1. The number of hydrogen-bond donors (Lipinski definition) is 3. The molecule has 0 spiro atoms. The lowest BCUT2D eigenvalue weighted by Crippen LogP contribution is -2.23. The van der Waals surface area contributed by atoms with Crippen LogP contribution in [0.3, 0.4) is 0 Å². The fraction of sp³-hybridized carbons (Fsp3) is 0.238. The topological polar surface area (TPSA) is 122 Å². The van der Waals surface area contributed by atoms with Gasteiger partial charge in [0.25, 0.3) is 5.91 Å². The molecule has 0 aliphatic carbocycles. The Morgan fingerprint density at radius 2 is 1.91 bits per heavy atom. The number of halogens is 2. The summed E-state index contributed by atoms with van der Waals surface area (Å²) in [6, 6.07) is 11.5. The van der Waals surface area contributed by atoms with Crippen LogP contribution in [-0.4, -0.2) is 33.9 Å². The van der Waals surface area contributed by atoms with Crippen molar-refractivity contribution >= 4 is 39.2 Å². The predicted octanol–water partition coefficient (Wildman–Crippen LogP) is 4.53. The lowest BCUT2D eigenvalue weighted by molar-refractivity contribution is -0.118. The van der Waals surface area contributed by atoms with Crippen molar-refractivity contribution in [3.8, 4) is 5.75 Å². The molecule has 0 saturated carbocycles. The van der Waals surface area contributed by atoms with Gasteiger partial charge in [-0.2, -0.15) is 0 Å². The summed E-state index contributed by atoms with van der Waals surface area (Å²) in [7, 11) is 0. The molecule has 0 fully saturated rings. The standard InChI is InChI=1S/C21H21BrFN5O4/c1-21(2,3)12-4-7-14(8-5-12)31-11-17(29)25-20-18(27-32-28-20)19(26-30)24-13-6-9-16(23)15(22)10-13/h4-10,30H,11H2,1-3H3,(H,24,26)(H,25,28,29). The number of nitrogens with one attached hydrogen (secondary N) is 2. The molecule has 0 aliphatic heterocycles. The second kappa shape index (κ2) is 9.77. The number of ether oxygens (including phenoxy) is 1. The Bertz CT molecular complexity index is 1130. The average Bonchev–Trinajstić information content (AvgIpc) is 3.20. The van der Waals surface area contributed by atoms with Crippen LogP contribution < -0.4 is 15.4 Å². The molecule has 0 saturated heterocycles. The van der Waals surface area contributed by atoms with E-state index in [1.165, 1.54) is 18.2 Å². The van der Waals surface area contributed by atoms with Gasteiger partial charge < -0.3 is 20.6 Å². The molecule has 32 heavy (non-hydrogen) atoms. The number of carbonyl (C=O) groups is 1. The van der Waals surface area contributed by atoms with Gasteiger partial charge in [0.2, 0.25) is 11.7 Å². The summed E-state index contributed by atoms with van der Waals surface area (Å²) in [4.78, 5) is 12.3. The fourth-order valence-corrected chi connectivity index (χ4v) is 3.02. The van der Waals surface area contributed by atoms with Gasteiger partial charge in [-0.1, -0.05) is 38.1 Å². The molecule has 3 N–H and O–H groups in total. The van der Waals surface area contributed by atoms with Crippen LogP contribution in [-0.2, 0) is 10.2 Å². The first-order chi connectivity index (χ1) is 15.2. The number of rotatable bonds is 6. The van der Waals surface area contributed by atoms with Crippen LogP contribution in [0, 0.1) is 5.82 Å². The summed E-state index contributed by atoms with van der Waals surface area (Å²) in [5, 5.41) is 25.0. The maximum absolute atomic E-state index is 13.4. The second-order valence-electron chi connectivity index (χ2n) is 7.78. The SMILES string of the molecule is CC(C)(C)c1ccc(OCC(=O)Nc2nonc2/C(=N\O)Nc2ccc(F)c(Br)c2)cc1. The van der Waals surface area contributed by atoms with Gasteiger partial charge in [0.15, 0.2) is 12.3 Å². The minimum absolute atomic E-state index is 0.0102. The maximum atomic E-state index is 13.4. The van der Waals surface area contributed by atoms with Crippen molar-refractivity contribution in [2.24, 2.45) is 5.16 Å². The second-order valence-corrected chi connectivity index (χ2v) is 8.63. The number of oxime groups is 1. The van der Waals surface area contributed by atoms with Crippen molar-refractivity contribution in [1.29, 1.82) is 0 Å². The Morgan fingerprint density at radius 1 is 1.19 bits per heavy atom. The minimum Gasteiger partial charge on any atom is -0.484 e. The monoisotopic (exact) mass is 505 g/mol. The minimum atomic E-state index is -0.524. The number of anilines is 2. The molecule has 3 rings (SSSR count). The van der Waals surface area contributed by atoms with Crippen molar-refractivity contribution in [2.75, 3.05) is 17.2 Å². The summed E-state index contributed by atoms with van der Waals surface area (Å²) in [6.45, 7) is 6.03. The van der Waals surface area contributed by atoms with Gasteiger partial charge >= 0.3 is 0 Å². The van der Waals surface area contributed by atoms with Crippen molar-refractivity contribution in [3.05, 3.63) is 64.0 Å². The Balaban J connectivity index is 1.63. The van der Waals surface area contributed by atoms with E-state index in [1.807, 2.05) is 12.1 Å². The molecule has 0 atom stereocenters. The van der Waals surface area contributed by atoms with Gasteiger partial charge in [-0.25, -0.2) is 9.02 Å². The van der Waals surface area contributed by atoms with E-state index in [1.54, 1.807) is 12.1 Å². The molecule has 1 amide bonds. The van der Waals surface area contributed by atoms with Crippen LogP contribution in [0.2, 0.25) is 0 Å². The number of benzene rings is 2. The highest BCUT2D eigenvalue weighted by Crippen LogP contribution is 2.24. The van der Waals surface area contributed by atoms with Gasteiger partial charge in [-0.05, 0) is 67.6 Å². The van der Waals surface area contributed by atoms with Crippen LogP contribution in [0.25, 0.3) is 0 Å². The fourth-order valence-electron chi connectivity index (χ4n) is 2.64. The number of amides is 1. The van der Waals surface area contributed by atoms with Crippen molar-refractivity contribution < 1.29 is 23.8 Å². The Morgan fingerprint density at radius 3 is 2.53 bits per heavy atom. The van der Waals surface area contributed by atoms with Gasteiger partial charge in [-0.3, -0.25) is 4.79 Å². The van der Waals surface area contributed by atoms with Crippen molar-refractivity contribution in [2.45, 2.75) is 26.2 Å². The molecular formula is C21H21BrFN5O4. The normalized spacial score (nSPS) is 11.8. The van der Waals surface area contributed by atoms with Crippen molar-refractivity contribution in [3.63, 3.8) is 0 Å². The van der Waals surface area contributed by atoms with Gasteiger partial charge in [0.1, 0.15) is 11.6 Å². The van der Waals surface area contributed by atoms with E-state index in [-0.39, 0.29) is 33.8 Å². The van der Waals surface area contributed by atoms with E-state index >= 15 is 0 Å². The molecule has 1 aromatic heterocycles. The van der Waals surface area contributed by atoms with Crippen LogP contribution >= 0.6 is 15.9 Å². The van der Waals surface area contributed by atoms with Gasteiger partial charge in [0.05, 0.1) is 4.47 Å². The Hall–Kier alpha value is -3.47. The molecule has 168 valence electrons. The largest absolute Gasteiger partial charge is 0.484 e. The molecule has 9 nitrogen and oxygen atoms in total. The number of nitrogens with zero attached hydrogens (tertiary/aromatic N) is 3. The average molecular weight is 506 g/mol. The van der Waals surface area contributed by atoms with Gasteiger partial charge in [0, 0.05) is 5.69 Å². The Labute approximate surface area is 191 Å². The highest BCUT2D eigenvalue weighted by Gasteiger charge is 2.20. The molecule has 0 unspecified atom stereocenters. The van der Waals surface area contributed by atoms with Crippen LogP contribution in [0.5, 0.6) is 5.75 Å². The zero-order valence-electron chi connectivity index (χ0n) is 17.5. The van der Waals surface area contributed by atoms with E-state index in [0.717, 1.165) is 5.56 Å². The number of hydrogen-bond acceptors (Lipinski definition) is 7. The summed E-state index contributed by atoms with van der Waals surface area (Å²) >= 11 is 3.07. The van der Waals surface area contributed by atoms with E-state index < -0.39 is 11.7 Å². The molecule has 3 aromatic rings. The first-order valence-corrected chi connectivity index (χ1v) is 10.3. The van der Waals surface area contributed by atoms with Crippen molar-refractivity contribution in [1.82, 2.24) is 10.3 Å². The van der Waals surface area contributed by atoms with E-state index in [4.69, 9.17) is 4.74 Å². The molecule has 0 bridgehead atoms.